The number of sulfonamides is 1. The Morgan fingerprint density at radius 1 is 0.969 bits per heavy atom. The minimum Gasteiger partial charge on any atom is -0.492 e. The molecule has 0 atom stereocenters. The number of hydrogen-bond acceptors (Lipinski definition) is 6. The number of rotatable bonds is 10. The van der Waals surface area contributed by atoms with E-state index in [1.54, 1.807) is 40.7 Å². The van der Waals surface area contributed by atoms with Crippen molar-refractivity contribution in [2.24, 2.45) is 0 Å². The van der Waals surface area contributed by atoms with Crippen LogP contribution in [0.25, 0.3) is 0 Å². The highest BCUT2D eigenvalue weighted by Crippen LogP contribution is 2.30. The highest BCUT2D eigenvalue weighted by Gasteiger charge is 2.26. The lowest BCUT2D eigenvalue weighted by molar-refractivity contribution is 0.102. The van der Waals surface area contributed by atoms with Gasteiger partial charge in [-0.2, -0.15) is 4.31 Å². The Hall–Kier alpha value is -2.43. The molecule has 10 heteroatoms. The number of benzene rings is 2. The minimum atomic E-state index is -3.82. The van der Waals surface area contributed by atoms with Crippen molar-refractivity contribution in [2.75, 3.05) is 25.0 Å². The number of nitrogens with zero attached hydrogens (tertiary/aromatic N) is 1. The van der Waals surface area contributed by atoms with Crippen LogP contribution in [0.2, 0.25) is 0 Å². The highest BCUT2D eigenvalue weighted by atomic mass is 32.2. The maximum absolute atomic E-state index is 13.1. The van der Waals surface area contributed by atoms with Crippen molar-refractivity contribution >= 4 is 31.5 Å². The number of nitrogens with one attached hydrogen (secondary N) is 1. The zero-order valence-electron chi connectivity index (χ0n) is 19.0. The van der Waals surface area contributed by atoms with Crippen LogP contribution in [0.3, 0.4) is 0 Å². The Morgan fingerprint density at radius 2 is 1.56 bits per heavy atom. The van der Waals surface area contributed by atoms with Crippen LogP contribution in [-0.4, -0.2) is 52.0 Å². The van der Waals surface area contributed by atoms with Crippen LogP contribution in [0.5, 0.6) is 5.75 Å². The smallest absolute Gasteiger partial charge is 0.255 e. The standard InChI is InChI=1S/C22H30N2O6S2/c1-6-24(7-2)32(28,29)21-15-18(11-14-20(21)30-8-3)23-22(25)17-9-12-19(13-10-17)31(26,27)16(4)5/h9-16H,6-8H2,1-5H3,(H,23,25). The van der Waals surface area contributed by atoms with Crippen molar-refractivity contribution < 1.29 is 26.4 Å². The SMILES string of the molecule is CCOc1ccc(NC(=O)c2ccc(S(=O)(=O)C(C)C)cc2)cc1S(=O)(=O)N(CC)CC. The molecule has 0 heterocycles. The molecule has 0 bridgehead atoms. The van der Waals surface area contributed by atoms with Crippen LogP contribution in [0, 0.1) is 0 Å². The molecule has 0 unspecified atom stereocenters. The molecular weight excluding hydrogens is 452 g/mol. The molecule has 8 nitrogen and oxygen atoms in total. The number of amides is 1. The quantitative estimate of drug-likeness (QED) is 0.555. The Bertz CT molecular complexity index is 1150. The van der Waals surface area contributed by atoms with Gasteiger partial charge < -0.3 is 10.1 Å². The van der Waals surface area contributed by atoms with Gasteiger partial charge in [-0.25, -0.2) is 16.8 Å². The Labute approximate surface area is 190 Å². The lowest BCUT2D eigenvalue weighted by Crippen LogP contribution is -2.31. The molecule has 1 N–H and O–H groups in total. The second-order valence-electron chi connectivity index (χ2n) is 7.26. The van der Waals surface area contributed by atoms with Gasteiger partial charge in [-0.1, -0.05) is 13.8 Å². The summed E-state index contributed by atoms with van der Waals surface area (Å²) in [6.07, 6.45) is 0. The molecule has 0 aliphatic heterocycles. The van der Waals surface area contributed by atoms with E-state index in [4.69, 9.17) is 4.74 Å². The molecule has 0 aromatic heterocycles. The zero-order chi connectivity index (χ0) is 24.1. The maximum atomic E-state index is 13.1. The van der Waals surface area contributed by atoms with E-state index in [-0.39, 0.29) is 33.4 Å². The van der Waals surface area contributed by atoms with E-state index in [1.807, 2.05) is 0 Å². The van der Waals surface area contributed by atoms with Gasteiger partial charge in [0.1, 0.15) is 10.6 Å². The number of ether oxygens (including phenoxy) is 1. The first-order chi connectivity index (χ1) is 15.0. The van der Waals surface area contributed by atoms with Gasteiger partial charge in [0.2, 0.25) is 10.0 Å². The summed E-state index contributed by atoms with van der Waals surface area (Å²) in [7, 11) is -7.26. The molecule has 2 aromatic rings. The fourth-order valence-electron chi connectivity index (χ4n) is 3.04. The van der Waals surface area contributed by atoms with Crippen molar-refractivity contribution in [1.82, 2.24) is 4.31 Å². The van der Waals surface area contributed by atoms with Crippen LogP contribution >= 0.6 is 0 Å². The summed E-state index contributed by atoms with van der Waals surface area (Å²) < 4.78 is 57.4. The molecule has 0 aliphatic rings. The predicted molar refractivity (Wildman–Crippen MR) is 124 cm³/mol. The monoisotopic (exact) mass is 482 g/mol. The van der Waals surface area contributed by atoms with E-state index in [2.05, 4.69) is 5.32 Å². The van der Waals surface area contributed by atoms with Gasteiger partial charge in [0.05, 0.1) is 16.8 Å². The van der Waals surface area contributed by atoms with Crippen LogP contribution in [0.4, 0.5) is 5.69 Å². The summed E-state index contributed by atoms with van der Waals surface area (Å²) in [5, 5.41) is 2.10. The summed E-state index contributed by atoms with van der Waals surface area (Å²) in [6.45, 7) is 9.31. The number of carbonyl (C=O) groups is 1. The molecule has 0 spiro atoms. The van der Waals surface area contributed by atoms with E-state index >= 15 is 0 Å². The second kappa shape index (κ2) is 10.5. The molecule has 32 heavy (non-hydrogen) atoms. The average molecular weight is 483 g/mol. The molecule has 176 valence electrons. The highest BCUT2D eigenvalue weighted by molar-refractivity contribution is 7.92. The molecule has 0 saturated carbocycles. The molecule has 1 amide bonds. The first kappa shape index (κ1) is 25.8. The summed E-state index contributed by atoms with van der Waals surface area (Å²) in [6, 6.07) is 10.1. The Morgan fingerprint density at radius 3 is 2.06 bits per heavy atom. The van der Waals surface area contributed by atoms with Crippen molar-refractivity contribution in [3.05, 3.63) is 48.0 Å². The average Bonchev–Trinajstić information content (AvgIpc) is 2.75. The molecule has 2 rings (SSSR count). The summed E-state index contributed by atoms with van der Waals surface area (Å²) >= 11 is 0. The number of sulfone groups is 1. The van der Waals surface area contributed by atoms with E-state index in [9.17, 15) is 21.6 Å². The maximum Gasteiger partial charge on any atom is 0.255 e. The normalized spacial score (nSPS) is 12.2. The van der Waals surface area contributed by atoms with Crippen molar-refractivity contribution in [1.29, 1.82) is 0 Å². The van der Waals surface area contributed by atoms with E-state index in [1.165, 1.54) is 40.7 Å². The first-order valence-electron chi connectivity index (χ1n) is 10.4. The number of carbonyl (C=O) groups excluding carboxylic acids is 1. The first-order valence-corrected chi connectivity index (χ1v) is 13.4. The lowest BCUT2D eigenvalue weighted by Gasteiger charge is -2.21. The lowest BCUT2D eigenvalue weighted by atomic mass is 10.2. The Kier molecular flexibility index (Phi) is 8.44. The summed E-state index contributed by atoms with van der Waals surface area (Å²) in [5.74, 6) is -0.283. The van der Waals surface area contributed by atoms with Crippen LogP contribution in [0.1, 0.15) is 45.0 Å². The van der Waals surface area contributed by atoms with E-state index in [0.717, 1.165) is 0 Å². The Balaban J connectivity index is 2.36. The molecule has 0 aliphatic carbocycles. The molecule has 0 radical (unpaired) electrons. The third kappa shape index (κ3) is 5.48. The topological polar surface area (TPSA) is 110 Å². The minimum absolute atomic E-state index is 0.0285. The van der Waals surface area contributed by atoms with Crippen molar-refractivity contribution in [3.8, 4) is 5.75 Å². The fourth-order valence-corrected chi connectivity index (χ4v) is 5.71. The van der Waals surface area contributed by atoms with Crippen molar-refractivity contribution in [2.45, 2.75) is 49.7 Å². The largest absolute Gasteiger partial charge is 0.492 e. The molecule has 0 fully saturated rings. The zero-order valence-corrected chi connectivity index (χ0v) is 20.6. The van der Waals surface area contributed by atoms with Crippen LogP contribution in [0.15, 0.2) is 52.3 Å². The van der Waals surface area contributed by atoms with Gasteiger partial charge in [0.25, 0.3) is 5.91 Å². The fraction of sp³-hybridized carbons (Fsp3) is 0.409. The summed E-state index contributed by atoms with van der Waals surface area (Å²) in [5.41, 5.74) is 0.526. The number of hydrogen-bond donors (Lipinski definition) is 1. The molecule has 0 saturated heterocycles. The molecule has 2 aromatic carbocycles. The molecular formula is C22H30N2O6S2. The van der Waals surface area contributed by atoms with Crippen LogP contribution < -0.4 is 10.1 Å². The van der Waals surface area contributed by atoms with Gasteiger partial charge in [0, 0.05) is 24.3 Å². The van der Waals surface area contributed by atoms with Gasteiger partial charge in [-0.05, 0) is 63.2 Å². The van der Waals surface area contributed by atoms with Gasteiger partial charge in [-0.15, -0.1) is 0 Å². The van der Waals surface area contributed by atoms with E-state index < -0.39 is 31.0 Å². The number of anilines is 1. The van der Waals surface area contributed by atoms with Gasteiger partial charge in [-0.3, -0.25) is 4.79 Å². The third-order valence-corrected chi connectivity index (χ3v) is 9.13. The van der Waals surface area contributed by atoms with Crippen LogP contribution in [-0.2, 0) is 19.9 Å². The second-order valence-corrected chi connectivity index (χ2v) is 11.7. The van der Waals surface area contributed by atoms with Gasteiger partial charge >= 0.3 is 0 Å². The summed E-state index contributed by atoms with van der Waals surface area (Å²) in [4.78, 5) is 12.8. The third-order valence-electron chi connectivity index (χ3n) is 4.89. The van der Waals surface area contributed by atoms with Gasteiger partial charge in [0.15, 0.2) is 9.84 Å². The van der Waals surface area contributed by atoms with Crippen molar-refractivity contribution in [3.63, 3.8) is 0 Å². The predicted octanol–water partition coefficient (Wildman–Crippen LogP) is 3.55. The van der Waals surface area contributed by atoms with E-state index in [0.29, 0.717) is 13.1 Å².